The van der Waals surface area contributed by atoms with E-state index in [-0.39, 0.29) is 18.9 Å². The molecule has 0 radical (unpaired) electrons. The Bertz CT molecular complexity index is 2120. The molecule has 12 N–H and O–H groups in total. The number of aliphatic hydroxyl groups is 11. The number of aliphatic hydroxyl groups excluding tert-OH is 11. The highest BCUT2D eigenvalue weighted by atomic mass is 16.8. The molecular formula is C99H193NO18. The van der Waals surface area contributed by atoms with Crippen molar-refractivity contribution in [3.63, 3.8) is 0 Å². The third kappa shape index (κ3) is 56.1. The number of ether oxygens (including phenoxy) is 6. The fourth-order valence-corrected chi connectivity index (χ4v) is 18.1. The predicted molar refractivity (Wildman–Crippen MR) is 481 cm³/mol. The summed E-state index contributed by atoms with van der Waals surface area (Å²) in [7, 11) is 0. The van der Waals surface area contributed by atoms with Gasteiger partial charge in [0, 0.05) is 6.42 Å². The number of amides is 1. The van der Waals surface area contributed by atoms with E-state index in [1.807, 2.05) is 0 Å². The lowest BCUT2D eigenvalue weighted by atomic mass is 9.96. The molecule has 19 heteroatoms. The molecule has 0 aromatic carbocycles. The Morgan fingerprint density at radius 1 is 0.271 bits per heavy atom. The van der Waals surface area contributed by atoms with Gasteiger partial charge in [0.05, 0.1) is 38.6 Å². The Morgan fingerprint density at radius 2 is 0.483 bits per heavy atom. The zero-order valence-corrected chi connectivity index (χ0v) is 76.5. The number of unbranched alkanes of at least 4 members (excludes halogenated alkanes) is 71. The van der Waals surface area contributed by atoms with Gasteiger partial charge >= 0.3 is 0 Å². The number of hydrogen-bond acceptors (Lipinski definition) is 18. The van der Waals surface area contributed by atoms with Crippen molar-refractivity contribution in [2.45, 2.75) is 600 Å². The van der Waals surface area contributed by atoms with Gasteiger partial charge in [0.1, 0.15) is 73.2 Å². The summed E-state index contributed by atoms with van der Waals surface area (Å²) in [6, 6.07) is -0.885. The highest BCUT2D eigenvalue weighted by Crippen LogP contribution is 2.34. The topological polar surface area (TPSA) is 307 Å². The van der Waals surface area contributed by atoms with E-state index in [0.29, 0.717) is 12.8 Å². The van der Waals surface area contributed by atoms with Crippen LogP contribution >= 0.6 is 0 Å². The van der Waals surface area contributed by atoms with Gasteiger partial charge in [0.2, 0.25) is 5.91 Å². The maximum absolute atomic E-state index is 13.6. The van der Waals surface area contributed by atoms with Crippen LogP contribution in [0.2, 0.25) is 0 Å². The molecule has 0 aromatic heterocycles. The molecule has 0 spiro atoms. The summed E-state index contributed by atoms with van der Waals surface area (Å²) >= 11 is 0. The zero-order chi connectivity index (χ0) is 85.2. The Labute approximate surface area is 723 Å². The first-order chi connectivity index (χ1) is 57.8. The molecule has 1 amide bonds. The molecule has 3 heterocycles. The number of hydrogen-bond donors (Lipinski definition) is 12. The number of carbonyl (C=O) groups excluding carboxylic acids is 1. The van der Waals surface area contributed by atoms with Crippen LogP contribution < -0.4 is 5.32 Å². The maximum atomic E-state index is 13.6. The fourth-order valence-electron chi connectivity index (χ4n) is 18.1. The van der Waals surface area contributed by atoms with E-state index in [9.17, 15) is 61.0 Å². The quantitative estimate of drug-likeness (QED) is 0.0252. The lowest BCUT2D eigenvalue weighted by molar-refractivity contribution is -0.379. The Balaban J connectivity index is 1.26. The molecule has 19 nitrogen and oxygen atoms in total. The summed E-state index contributed by atoms with van der Waals surface area (Å²) < 4.78 is 34.7. The Hall–Kier alpha value is -1.21. The van der Waals surface area contributed by atoms with Crippen LogP contribution in [0.15, 0.2) is 0 Å². The van der Waals surface area contributed by atoms with E-state index in [0.717, 1.165) is 44.9 Å². The van der Waals surface area contributed by atoms with Crippen molar-refractivity contribution in [2.75, 3.05) is 26.4 Å². The minimum absolute atomic E-state index is 0.229. The lowest BCUT2D eigenvalue weighted by Crippen LogP contribution is -2.66. The molecule has 3 aliphatic heterocycles. The minimum Gasteiger partial charge on any atom is -0.394 e. The van der Waals surface area contributed by atoms with Crippen molar-refractivity contribution >= 4 is 5.91 Å². The van der Waals surface area contributed by atoms with E-state index in [1.165, 1.54) is 417 Å². The van der Waals surface area contributed by atoms with Gasteiger partial charge < -0.3 is 89.9 Å². The standard InChI is InChI=1S/C99H193NO18/c1-3-5-7-9-11-13-15-17-19-21-23-25-27-29-31-33-35-37-38-39-40-41-42-43-44-45-47-49-51-53-55-57-59-61-63-65-67-69-71-73-75-77-87(105)100-82(83(104)76-74-72-70-68-66-64-62-60-58-56-54-52-50-48-46-36-34-32-30-28-26-24-22-20-18-16-14-12-10-8-6-4-2)81-113-97-93(111)90(108)95(85(79-102)115-97)118-99-94(112)91(109)96(86(80-103)116-99)117-98-92(110)89(107)88(106)84(78-101)114-98/h82-86,88-99,101-104,106-112H,3-81H2,1-2H3,(H,100,105). The smallest absolute Gasteiger partial charge is 0.220 e. The molecule has 118 heavy (non-hydrogen) atoms. The van der Waals surface area contributed by atoms with Gasteiger partial charge in [-0.15, -0.1) is 0 Å². The molecule has 702 valence electrons. The van der Waals surface area contributed by atoms with E-state index in [4.69, 9.17) is 28.4 Å². The van der Waals surface area contributed by atoms with E-state index >= 15 is 0 Å². The lowest BCUT2D eigenvalue weighted by Gasteiger charge is -2.48. The van der Waals surface area contributed by atoms with Crippen LogP contribution in [0.3, 0.4) is 0 Å². The predicted octanol–water partition coefficient (Wildman–Crippen LogP) is 21.6. The van der Waals surface area contributed by atoms with Gasteiger partial charge in [-0.2, -0.15) is 0 Å². The van der Waals surface area contributed by atoms with E-state index in [1.54, 1.807) is 0 Å². The molecule has 3 fully saturated rings. The van der Waals surface area contributed by atoms with Gasteiger partial charge in [-0.1, -0.05) is 476 Å². The average Bonchev–Trinajstić information content (AvgIpc) is 0.777. The highest BCUT2D eigenvalue weighted by molar-refractivity contribution is 5.76. The van der Waals surface area contributed by atoms with Crippen LogP contribution in [-0.4, -0.2) is 193 Å². The van der Waals surface area contributed by atoms with E-state index < -0.39 is 124 Å². The molecule has 0 aromatic rings. The Morgan fingerprint density at radius 3 is 0.737 bits per heavy atom. The second-order valence-electron chi connectivity index (χ2n) is 37.0. The fraction of sp³-hybridized carbons (Fsp3) is 0.990. The van der Waals surface area contributed by atoms with Crippen molar-refractivity contribution in [3.8, 4) is 0 Å². The van der Waals surface area contributed by atoms with Crippen molar-refractivity contribution in [1.29, 1.82) is 0 Å². The molecule has 3 aliphatic rings. The third-order valence-electron chi connectivity index (χ3n) is 26.2. The molecule has 0 bridgehead atoms. The molecule has 0 aliphatic carbocycles. The zero-order valence-electron chi connectivity index (χ0n) is 76.5. The summed E-state index contributed by atoms with van der Waals surface area (Å²) in [5.41, 5.74) is 0. The van der Waals surface area contributed by atoms with Gasteiger partial charge in [0.15, 0.2) is 18.9 Å². The second kappa shape index (κ2) is 79.2. The third-order valence-corrected chi connectivity index (χ3v) is 26.2. The number of rotatable bonds is 87. The van der Waals surface area contributed by atoms with Crippen molar-refractivity contribution in [3.05, 3.63) is 0 Å². The van der Waals surface area contributed by atoms with Crippen molar-refractivity contribution < 1.29 is 89.4 Å². The van der Waals surface area contributed by atoms with E-state index in [2.05, 4.69) is 19.2 Å². The van der Waals surface area contributed by atoms with Gasteiger partial charge in [-0.3, -0.25) is 4.79 Å². The SMILES string of the molecule is CCCCCCCCCCCCCCCCCCCCCCCCCCCCCCCCCCCCCCCCCCCC(=O)NC(COC1OC(CO)C(OC2OC(CO)C(OC3OC(CO)C(O)C(O)C3O)C(O)C2O)C(O)C1O)C(O)CCCCCCCCCCCCCCCCCCCCCCCCCCCCCCCCCC. The summed E-state index contributed by atoms with van der Waals surface area (Å²) in [6.45, 7) is 1.91. The van der Waals surface area contributed by atoms with Gasteiger partial charge in [0.25, 0.3) is 0 Å². The van der Waals surface area contributed by atoms with Gasteiger partial charge in [-0.25, -0.2) is 0 Å². The van der Waals surface area contributed by atoms with Crippen molar-refractivity contribution in [2.24, 2.45) is 0 Å². The molecule has 3 rings (SSSR count). The first-order valence-corrected chi connectivity index (χ1v) is 51.3. The van der Waals surface area contributed by atoms with Crippen LogP contribution in [0, 0.1) is 0 Å². The summed E-state index contributed by atoms with van der Waals surface area (Å²) in [5.74, 6) is -0.229. The molecular weight excluding hydrogens is 1490 g/mol. The van der Waals surface area contributed by atoms with Crippen LogP contribution in [0.4, 0.5) is 0 Å². The van der Waals surface area contributed by atoms with Crippen LogP contribution in [0.1, 0.15) is 495 Å². The summed E-state index contributed by atoms with van der Waals surface area (Å²) in [4.78, 5) is 13.6. The molecule has 17 unspecified atom stereocenters. The first-order valence-electron chi connectivity index (χ1n) is 51.3. The van der Waals surface area contributed by atoms with Crippen LogP contribution in [0.25, 0.3) is 0 Å². The summed E-state index contributed by atoms with van der Waals surface area (Å²) in [5, 5.41) is 122. The average molecular weight is 1690 g/mol. The molecule has 0 saturated carbocycles. The number of carbonyl (C=O) groups is 1. The molecule has 17 atom stereocenters. The normalized spacial score (nSPS) is 24.2. The van der Waals surface area contributed by atoms with Crippen LogP contribution in [-0.2, 0) is 33.2 Å². The first kappa shape index (κ1) is 111. The largest absolute Gasteiger partial charge is 0.394 e. The summed E-state index contributed by atoms with van der Waals surface area (Å²) in [6.07, 6.45) is 72.7. The second-order valence-corrected chi connectivity index (χ2v) is 37.0. The maximum Gasteiger partial charge on any atom is 0.220 e. The Kier molecular flexibility index (Phi) is 74.5. The number of nitrogens with one attached hydrogen (secondary N) is 1. The van der Waals surface area contributed by atoms with Crippen LogP contribution in [0.5, 0.6) is 0 Å². The highest BCUT2D eigenvalue weighted by Gasteiger charge is 2.54. The molecule has 3 saturated heterocycles. The minimum atomic E-state index is -1.97. The van der Waals surface area contributed by atoms with Gasteiger partial charge in [-0.05, 0) is 12.8 Å². The van der Waals surface area contributed by atoms with Crippen molar-refractivity contribution in [1.82, 2.24) is 5.32 Å². The monoisotopic (exact) mass is 1680 g/mol.